The molecule has 0 heterocycles. The van der Waals surface area contributed by atoms with Crippen LogP contribution < -0.4 is 0 Å². The predicted molar refractivity (Wildman–Crippen MR) is 114 cm³/mol. The fourth-order valence-electron chi connectivity index (χ4n) is 7.38. The first kappa shape index (κ1) is 23.0. The van der Waals surface area contributed by atoms with Crippen LogP contribution in [-0.4, -0.2) is 43.0 Å². The van der Waals surface area contributed by atoms with Gasteiger partial charge in [-0.25, -0.2) is 0 Å². The first-order chi connectivity index (χ1) is 15.3. The van der Waals surface area contributed by atoms with E-state index in [9.17, 15) is 19.2 Å². The summed E-state index contributed by atoms with van der Waals surface area (Å²) in [5, 5.41) is 0. The summed E-state index contributed by atoms with van der Waals surface area (Å²) in [6, 6.07) is 0. The Labute approximate surface area is 189 Å². The van der Waals surface area contributed by atoms with Crippen LogP contribution in [0.5, 0.6) is 0 Å². The minimum Gasteiger partial charge on any atom is -0.469 e. The van der Waals surface area contributed by atoms with Gasteiger partial charge in [0.2, 0.25) is 5.78 Å². The van der Waals surface area contributed by atoms with Gasteiger partial charge in [0.1, 0.15) is 0 Å². The van der Waals surface area contributed by atoms with Crippen LogP contribution in [0.1, 0.15) is 65.2 Å². The van der Waals surface area contributed by atoms with E-state index in [1.165, 1.54) is 26.5 Å². The number of carbonyl (C=O) groups excluding carboxylic acids is 4. The molecular weight excluding hydrogens is 412 g/mol. The van der Waals surface area contributed by atoms with E-state index in [0.29, 0.717) is 30.1 Å². The third-order valence-electron chi connectivity index (χ3n) is 8.57. The van der Waals surface area contributed by atoms with Gasteiger partial charge in [0.15, 0.2) is 12.2 Å². The van der Waals surface area contributed by atoms with Crippen molar-refractivity contribution in [1.29, 1.82) is 0 Å². The van der Waals surface area contributed by atoms with Crippen LogP contribution in [0.2, 0.25) is 0 Å². The molecule has 0 bridgehead atoms. The standard InChI is InChI=1S/C25H34O7/c1-14(26)31-13-23(28)25(32-15(2)27)11-10-21-20-7-4-16-12-17(24(29)30-3)5-6-18(16)19(20)8-9-22(21)25/h4,17-22H,5-13H2,1-3H3/t17-,18-,19-,20-,21-,22-,25+/m1/s1. The summed E-state index contributed by atoms with van der Waals surface area (Å²) >= 11 is 0. The molecule has 0 N–H and O–H groups in total. The number of rotatable bonds is 5. The SMILES string of the molecule is COC(=O)[C@@H]1CC[C@@H]2C(=CC[C@H]3[C@H]4CC[C@@](OC(C)=O)(C(=O)COC(C)=O)[C@@H]4CC[C@@H]32)C1. The average molecular weight is 447 g/mol. The minimum absolute atomic E-state index is 0.0302. The van der Waals surface area contributed by atoms with Crippen LogP contribution in [0.15, 0.2) is 11.6 Å². The molecule has 7 nitrogen and oxygen atoms in total. The predicted octanol–water partition coefficient (Wildman–Crippen LogP) is 3.39. The Kier molecular flexibility index (Phi) is 6.46. The first-order valence-corrected chi connectivity index (χ1v) is 11.9. The largest absolute Gasteiger partial charge is 0.469 e. The lowest BCUT2D eigenvalue weighted by Gasteiger charge is -2.50. The quantitative estimate of drug-likeness (QED) is 0.363. The Hall–Kier alpha value is -2.18. The monoisotopic (exact) mass is 446 g/mol. The third kappa shape index (κ3) is 3.99. The number of hydrogen-bond acceptors (Lipinski definition) is 7. The smallest absolute Gasteiger partial charge is 0.308 e. The van der Waals surface area contributed by atoms with E-state index in [2.05, 4.69) is 6.08 Å². The van der Waals surface area contributed by atoms with Gasteiger partial charge in [-0.05, 0) is 75.0 Å². The molecule has 0 aromatic heterocycles. The molecule has 3 saturated carbocycles. The van der Waals surface area contributed by atoms with Crippen molar-refractivity contribution >= 4 is 23.7 Å². The number of ether oxygens (including phenoxy) is 3. The van der Waals surface area contributed by atoms with Gasteiger partial charge >= 0.3 is 17.9 Å². The maximum atomic E-state index is 13.2. The molecule has 32 heavy (non-hydrogen) atoms. The number of Topliss-reactive ketones (excluding diaryl/α,β-unsaturated/α-hetero) is 1. The number of carbonyl (C=O) groups is 4. The van der Waals surface area contributed by atoms with Crippen molar-refractivity contribution in [2.24, 2.45) is 35.5 Å². The lowest BCUT2D eigenvalue weighted by Crippen LogP contribution is -2.52. The van der Waals surface area contributed by atoms with Crippen molar-refractivity contribution in [3.8, 4) is 0 Å². The first-order valence-electron chi connectivity index (χ1n) is 11.9. The molecule has 3 fully saturated rings. The highest BCUT2D eigenvalue weighted by Crippen LogP contribution is 2.60. The van der Waals surface area contributed by atoms with Crippen LogP contribution >= 0.6 is 0 Å². The van der Waals surface area contributed by atoms with Gasteiger partial charge in [-0.3, -0.25) is 19.2 Å². The van der Waals surface area contributed by atoms with E-state index in [1.54, 1.807) is 0 Å². The van der Waals surface area contributed by atoms with Gasteiger partial charge in [-0.15, -0.1) is 0 Å². The maximum absolute atomic E-state index is 13.2. The van der Waals surface area contributed by atoms with Crippen LogP contribution in [0, 0.1) is 35.5 Å². The van der Waals surface area contributed by atoms with Gasteiger partial charge in [0, 0.05) is 19.8 Å². The Morgan fingerprint density at radius 3 is 2.44 bits per heavy atom. The van der Waals surface area contributed by atoms with Crippen molar-refractivity contribution in [2.45, 2.75) is 70.8 Å². The summed E-state index contributed by atoms with van der Waals surface area (Å²) in [7, 11) is 1.46. The second kappa shape index (κ2) is 8.99. The van der Waals surface area contributed by atoms with E-state index < -0.39 is 17.5 Å². The van der Waals surface area contributed by atoms with Crippen molar-refractivity contribution < 1.29 is 33.4 Å². The zero-order valence-electron chi connectivity index (χ0n) is 19.3. The van der Waals surface area contributed by atoms with E-state index >= 15 is 0 Å². The number of methoxy groups -OCH3 is 1. The summed E-state index contributed by atoms with van der Waals surface area (Å²) in [5.74, 6) is 0.375. The number of esters is 3. The van der Waals surface area contributed by atoms with E-state index in [-0.39, 0.29) is 30.2 Å². The fourth-order valence-corrected chi connectivity index (χ4v) is 7.38. The molecule has 0 aromatic rings. The molecule has 176 valence electrons. The molecule has 0 unspecified atom stereocenters. The van der Waals surface area contributed by atoms with Crippen LogP contribution in [-0.2, 0) is 33.4 Å². The highest BCUT2D eigenvalue weighted by molar-refractivity contribution is 5.92. The lowest BCUT2D eigenvalue weighted by atomic mass is 9.55. The number of fused-ring (bicyclic) bond motifs is 5. The minimum atomic E-state index is -1.18. The summed E-state index contributed by atoms with van der Waals surface area (Å²) in [6.07, 6.45) is 9.09. The number of allylic oxidation sites excluding steroid dienone is 2. The Morgan fingerprint density at radius 2 is 1.75 bits per heavy atom. The summed E-state index contributed by atoms with van der Waals surface area (Å²) < 4.78 is 15.7. The molecular formula is C25H34O7. The molecule has 0 spiro atoms. The Bertz CT molecular complexity index is 830. The molecule has 0 amide bonds. The molecule has 0 saturated heterocycles. The van der Waals surface area contributed by atoms with Crippen LogP contribution in [0.4, 0.5) is 0 Å². The Balaban J connectivity index is 1.54. The zero-order chi connectivity index (χ0) is 23.0. The van der Waals surface area contributed by atoms with Crippen molar-refractivity contribution in [3.63, 3.8) is 0 Å². The van der Waals surface area contributed by atoms with Crippen LogP contribution in [0.3, 0.4) is 0 Å². The highest BCUT2D eigenvalue weighted by atomic mass is 16.6. The van der Waals surface area contributed by atoms with E-state index in [0.717, 1.165) is 44.9 Å². The van der Waals surface area contributed by atoms with Gasteiger partial charge < -0.3 is 14.2 Å². The second-order valence-corrected chi connectivity index (χ2v) is 10.0. The summed E-state index contributed by atoms with van der Waals surface area (Å²) in [5.41, 5.74) is 0.227. The van der Waals surface area contributed by atoms with Crippen LogP contribution in [0.25, 0.3) is 0 Å². The molecule has 4 rings (SSSR count). The van der Waals surface area contributed by atoms with E-state index in [1.807, 2.05) is 0 Å². The van der Waals surface area contributed by atoms with Crippen molar-refractivity contribution in [1.82, 2.24) is 0 Å². The summed E-state index contributed by atoms with van der Waals surface area (Å²) in [6.45, 7) is 2.27. The van der Waals surface area contributed by atoms with Gasteiger partial charge in [0.25, 0.3) is 0 Å². The highest BCUT2D eigenvalue weighted by Gasteiger charge is 2.60. The topological polar surface area (TPSA) is 96.0 Å². The summed E-state index contributed by atoms with van der Waals surface area (Å²) in [4.78, 5) is 48.4. The number of ketones is 1. The zero-order valence-corrected chi connectivity index (χ0v) is 19.3. The van der Waals surface area contributed by atoms with Crippen molar-refractivity contribution in [2.75, 3.05) is 13.7 Å². The maximum Gasteiger partial charge on any atom is 0.308 e. The molecule has 0 aromatic carbocycles. The van der Waals surface area contributed by atoms with Gasteiger partial charge in [-0.2, -0.15) is 0 Å². The van der Waals surface area contributed by atoms with Gasteiger partial charge in [0.05, 0.1) is 13.0 Å². The lowest BCUT2D eigenvalue weighted by molar-refractivity contribution is -0.176. The molecule has 4 aliphatic carbocycles. The molecule has 7 heteroatoms. The third-order valence-corrected chi connectivity index (χ3v) is 8.57. The molecule has 0 radical (unpaired) electrons. The van der Waals surface area contributed by atoms with Crippen molar-refractivity contribution in [3.05, 3.63) is 11.6 Å². The normalized spacial score (nSPS) is 37.8. The Morgan fingerprint density at radius 1 is 0.969 bits per heavy atom. The average Bonchev–Trinajstić information content (AvgIpc) is 3.15. The van der Waals surface area contributed by atoms with E-state index in [4.69, 9.17) is 14.2 Å². The molecule has 7 atom stereocenters. The number of hydrogen-bond donors (Lipinski definition) is 0. The van der Waals surface area contributed by atoms with Gasteiger partial charge in [-0.1, -0.05) is 11.6 Å². The molecule has 0 aliphatic heterocycles. The molecule has 4 aliphatic rings. The fraction of sp³-hybridized carbons (Fsp3) is 0.760. The second-order valence-electron chi connectivity index (χ2n) is 10.0.